The van der Waals surface area contributed by atoms with E-state index in [1.807, 2.05) is 0 Å². The highest BCUT2D eigenvalue weighted by Crippen LogP contribution is 2.40. The van der Waals surface area contributed by atoms with Crippen LogP contribution in [0.1, 0.15) is 125 Å². The average Bonchev–Trinajstić information content (AvgIpc) is 2.93. The van der Waals surface area contributed by atoms with Crippen LogP contribution >= 0.6 is 0 Å². The molecule has 0 fully saturated rings. The minimum absolute atomic E-state index is 0.166. The van der Waals surface area contributed by atoms with E-state index in [-0.39, 0.29) is 30.0 Å². The van der Waals surface area contributed by atoms with Crippen molar-refractivity contribution in [3.05, 3.63) is 0 Å². The van der Waals surface area contributed by atoms with Gasteiger partial charge in [-0.15, -0.1) is 0 Å². The van der Waals surface area contributed by atoms with E-state index in [1.54, 1.807) is 0 Å². The fourth-order valence-electron chi connectivity index (χ4n) is 7.55. The Hall–Kier alpha value is -0.120. The van der Waals surface area contributed by atoms with Gasteiger partial charge in [0.05, 0.1) is 6.10 Å². The van der Waals surface area contributed by atoms with Gasteiger partial charge < -0.3 is 16.6 Å². The molecule has 16 atom stereocenters. The van der Waals surface area contributed by atoms with E-state index in [0.717, 1.165) is 0 Å². The van der Waals surface area contributed by atoms with Crippen molar-refractivity contribution in [3.63, 3.8) is 0 Å². The monoisotopic (exact) mass is 567 g/mol. The van der Waals surface area contributed by atoms with Crippen LogP contribution in [0.3, 0.4) is 0 Å². The largest absolute Gasteiger partial charge is 0.393 e. The smallest absolute Gasteiger partial charge is 0.0596 e. The molecule has 0 saturated carbocycles. The normalized spacial score (nSPS) is 25.9. The van der Waals surface area contributed by atoms with E-state index in [1.165, 1.54) is 0 Å². The Morgan fingerprint density at radius 1 is 0.275 bits per heavy atom. The number of aliphatic hydroxyl groups excluding tert-OH is 1. The molecule has 0 aromatic heterocycles. The lowest BCUT2D eigenvalue weighted by molar-refractivity contribution is -0.0145. The van der Waals surface area contributed by atoms with E-state index in [9.17, 15) is 5.11 Å². The molecule has 0 aliphatic carbocycles. The Labute approximate surface area is 253 Å². The maximum atomic E-state index is 11.7. The summed E-state index contributed by atoms with van der Waals surface area (Å²) in [6.45, 7) is 42.1. The van der Waals surface area contributed by atoms with E-state index >= 15 is 0 Å². The van der Waals surface area contributed by atoms with Crippen molar-refractivity contribution < 1.29 is 5.11 Å². The van der Waals surface area contributed by atoms with Gasteiger partial charge in [-0.3, -0.25) is 0 Å². The summed E-state index contributed by atoms with van der Waals surface area (Å²) < 4.78 is 0. The molecule has 242 valence electrons. The van der Waals surface area contributed by atoms with Crippen LogP contribution in [-0.2, 0) is 0 Å². The molecule has 0 aromatic carbocycles. The Bertz CT molecular complexity index is 623. The first-order valence-corrected chi connectivity index (χ1v) is 17.3. The maximum absolute atomic E-state index is 11.7. The lowest BCUT2D eigenvalue weighted by atomic mass is 9.65. The van der Waals surface area contributed by atoms with Crippen LogP contribution in [0.5, 0.6) is 0 Å². The third-order valence-electron chi connectivity index (χ3n) is 13.9. The number of aliphatic hydroxyl groups is 1. The highest BCUT2D eigenvalue weighted by Gasteiger charge is 2.39. The second-order valence-corrected chi connectivity index (χ2v) is 16.2. The van der Waals surface area contributed by atoms with Gasteiger partial charge in [-0.2, -0.15) is 0 Å². The molecule has 0 radical (unpaired) electrons. The molecule has 0 heterocycles. The zero-order chi connectivity index (χ0) is 32.0. The van der Waals surface area contributed by atoms with E-state index < -0.39 is 0 Å². The summed E-state index contributed by atoms with van der Waals surface area (Å²) in [5.74, 6) is 7.71. The summed E-state index contributed by atoms with van der Waals surface area (Å²) in [5.41, 5.74) is 13.9. The highest BCUT2D eigenvalue weighted by molar-refractivity contribution is 4.90. The summed E-state index contributed by atoms with van der Waals surface area (Å²) >= 11 is 0. The van der Waals surface area contributed by atoms with Gasteiger partial charge in [0.15, 0.2) is 0 Å². The molecule has 0 saturated heterocycles. The minimum Gasteiger partial charge on any atom is -0.393 e. The van der Waals surface area contributed by atoms with Crippen molar-refractivity contribution in [1.29, 1.82) is 0 Å². The molecule has 0 aliphatic rings. The molecule has 16 unspecified atom stereocenters. The molecule has 0 aliphatic heterocycles. The molecular weight excluding hydrogens is 488 g/mol. The van der Waals surface area contributed by atoms with Crippen LogP contribution in [-0.4, -0.2) is 23.3 Å². The summed E-state index contributed by atoms with van der Waals surface area (Å²) in [6.07, 6.45) is -0.337. The first-order chi connectivity index (χ1) is 18.1. The van der Waals surface area contributed by atoms with Crippen molar-refractivity contribution >= 4 is 0 Å². The molecule has 5 N–H and O–H groups in total. The van der Waals surface area contributed by atoms with Crippen LogP contribution < -0.4 is 11.5 Å². The maximum Gasteiger partial charge on any atom is 0.0596 e. The number of rotatable bonds is 18. The number of hydrogen-bond donors (Lipinski definition) is 3. The van der Waals surface area contributed by atoms with Gasteiger partial charge in [-0.05, 0) is 94.7 Å². The predicted molar refractivity (Wildman–Crippen MR) is 180 cm³/mol. The second-order valence-electron chi connectivity index (χ2n) is 16.2. The summed E-state index contributed by atoms with van der Waals surface area (Å²) in [7, 11) is 0. The van der Waals surface area contributed by atoms with Crippen molar-refractivity contribution in [3.8, 4) is 0 Å². The fourth-order valence-corrected chi connectivity index (χ4v) is 7.55. The zero-order valence-corrected chi connectivity index (χ0v) is 30.6. The first-order valence-electron chi connectivity index (χ1n) is 17.3. The molecule has 3 nitrogen and oxygen atoms in total. The predicted octanol–water partition coefficient (Wildman–Crippen LogP) is 9.22. The lowest BCUT2D eigenvalue weighted by Gasteiger charge is -2.43. The number of hydrogen-bond acceptors (Lipinski definition) is 3. The zero-order valence-electron chi connectivity index (χ0n) is 30.6. The van der Waals surface area contributed by atoms with Crippen molar-refractivity contribution in [2.24, 2.45) is 106 Å². The Balaban J connectivity index is 5.41. The van der Waals surface area contributed by atoms with Crippen LogP contribution in [0, 0.1) is 94.7 Å². The number of nitrogens with two attached hydrogens (primary N) is 2. The topological polar surface area (TPSA) is 72.3 Å². The summed E-state index contributed by atoms with van der Waals surface area (Å²) in [6, 6.07) is 0.332. The Morgan fingerprint density at radius 2 is 0.450 bits per heavy atom. The molecule has 0 bridgehead atoms. The standard InChI is InChI=1S/C37H78N2O/c1-19(2)21(5)23(7)29(13)35(38)31(15)25(9)27(11)33(17)37(40)34(18)28(12)26(10)32(16)36(39)30(14)24(8)22(6)20(3)4/h19-37,40H,38-39H2,1-18H3. The fraction of sp³-hybridized carbons (Fsp3) is 1.00. The average molecular weight is 567 g/mol. The highest BCUT2D eigenvalue weighted by atomic mass is 16.3. The van der Waals surface area contributed by atoms with Crippen LogP contribution in [0.15, 0.2) is 0 Å². The van der Waals surface area contributed by atoms with Gasteiger partial charge in [0.25, 0.3) is 0 Å². The quantitative estimate of drug-likeness (QED) is 0.155. The van der Waals surface area contributed by atoms with Gasteiger partial charge in [-0.1, -0.05) is 125 Å². The molecular formula is C37H78N2O. The van der Waals surface area contributed by atoms with Gasteiger partial charge >= 0.3 is 0 Å². The van der Waals surface area contributed by atoms with E-state index in [4.69, 9.17) is 11.5 Å². The SMILES string of the molecule is CC(C)C(C)C(C)C(C)C(N)C(C)C(C)C(C)C(C)C(O)C(C)C(C)C(C)C(C)C(N)C(C)C(C)C(C)C(C)C. The third kappa shape index (κ3) is 9.97. The second kappa shape index (κ2) is 17.2. The first kappa shape index (κ1) is 39.9. The van der Waals surface area contributed by atoms with Gasteiger partial charge in [0, 0.05) is 12.1 Å². The van der Waals surface area contributed by atoms with Crippen LogP contribution in [0.25, 0.3) is 0 Å². The van der Waals surface area contributed by atoms with Crippen molar-refractivity contribution in [2.45, 2.75) is 143 Å². The molecule has 0 amide bonds. The Morgan fingerprint density at radius 3 is 0.650 bits per heavy atom. The molecule has 40 heavy (non-hydrogen) atoms. The van der Waals surface area contributed by atoms with Crippen LogP contribution in [0.4, 0.5) is 0 Å². The van der Waals surface area contributed by atoms with Crippen molar-refractivity contribution in [1.82, 2.24) is 0 Å². The molecule has 3 heteroatoms. The van der Waals surface area contributed by atoms with Gasteiger partial charge in [0.1, 0.15) is 0 Å². The molecule has 0 aromatic rings. The van der Waals surface area contributed by atoms with Gasteiger partial charge in [-0.25, -0.2) is 0 Å². The van der Waals surface area contributed by atoms with E-state index in [0.29, 0.717) is 82.9 Å². The molecule has 0 spiro atoms. The summed E-state index contributed by atoms with van der Waals surface area (Å²) in [4.78, 5) is 0. The van der Waals surface area contributed by atoms with Crippen molar-refractivity contribution in [2.75, 3.05) is 0 Å². The molecule has 0 rings (SSSR count). The minimum atomic E-state index is -0.337. The van der Waals surface area contributed by atoms with Gasteiger partial charge in [0.2, 0.25) is 0 Å². The Kier molecular flexibility index (Phi) is 17.2. The van der Waals surface area contributed by atoms with E-state index in [2.05, 4.69) is 125 Å². The lowest BCUT2D eigenvalue weighted by Crippen LogP contribution is -2.46. The van der Waals surface area contributed by atoms with Crippen LogP contribution in [0.2, 0.25) is 0 Å². The summed E-state index contributed by atoms with van der Waals surface area (Å²) in [5, 5.41) is 11.7. The third-order valence-corrected chi connectivity index (χ3v) is 13.9.